The second-order valence-electron chi connectivity index (χ2n) is 7.92. The minimum absolute atomic E-state index is 0.00124. The molecule has 0 bridgehead atoms. The normalized spacial score (nSPS) is 11.4. The Morgan fingerprint density at radius 1 is 0.647 bits per heavy atom. The van der Waals surface area contributed by atoms with Crippen molar-refractivity contribution in [3.63, 3.8) is 0 Å². The zero-order chi connectivity index (χ0) is 23.4. The number of hydrogen-bond donors (Lipinski definition) is 6. The average Bonchev–Trinajstić information content (AvgIpc) is 3.46. The van der Waals surface area contributed by atoms with Crippen LogP contribution >= 0.6 is 0 Å². The summed E-state index contributed by atoms with van der Waals surface area (Å²) in [5.41, 5.74) is 18.4. The van der Waals surface area contributed by atoms with Crippen molar-refractivity contribution < 1.29 is 0 Å². The lowest BCUT2D eigenvalue weighted by Gasteiger charge is -2.02. The number of imidazole rings is 2. The van der Waals surface area contributed by atoms with Crippen molar-refractivity contribution in [1.82, 2.24) is 29.9 Å². The van der Waals surface area contributed by atoms with Gasteiger partial charge in [0.25, 0.3) is 0 Å². The molecule has 0 aliphatic rings. The number of aromatic nitrogens is 6. The van der Waals surface area contributed by atoms with E-state index in [2.05, 4.69) is 24.9 Å². The topological polar surface area (TPSA) is 183 Å². The molecule has 10 heteroatoms. The number of amidine groups is 2. The smallest absolute Gasteiger partial charge is 0.157 e. The molecule has 10 nitrogen and oxygen atoms in total. The highest BCUT2D eigenvalue weighted by molar-refractivity contribution is 5.99. The molecule has 0 saturated heterocycles. The Labute approximate surface area is 192 Å². The third-order valence-corrected chi connectivity index (χ3v) is 5.64. The largest absolute Gasteiger partial charge is 0.384 e. The van der Waals surface area contributed by atoms with E-state index < -0.39 is 0 Å². The summed E-state index contributed by atoms with van der Waals surface area (Å²) in [5, 5.41) is 15.3. The summed E-state index contributed by atoms with van der Waals surface area (Å²) in [5.74, 6) is 1.26. The Bertz CT molecular complexity index is 1650. The molecule has 164 valence electrons. The predicted molar refractivity (Wildman–Crippen MR) is 132 cm³/mol. The molecule has 4 heterocycles. The van der Waals surface area contributed by atoms with Crippen LogP contribution in [-0.4, -0.2) is 41.6 Å². The maximum Gasteiger partial charge on any atom is 0.157 e. The zero-order valence-corrected chi connectivity index (χ0v) is 17.7. The van der Waals surface area contributed by atoms with Gasteiger partial charge in [-0.2, -0.15) is 0 Å². The van der Waals surface area contributed by atoms with Gasteiger partial charge < -0.3 is 21.4 Å². The first-order valence-corrected chi connectivity index (χ1v) is 10.4. The molecule has 8 N–H and O–H groups in total. The van der Waals surface area contributed by atoms with Crippen molar-refractivity contribution in [2.75, 3.05) is 0 Å². The molecule has 34 heavy (non-hydrogen) atoms. The molecule has 6 rings (SSSR count). The van der Waals surface area contributed by atoms with E-state index in [4.69, 9.17) is 27.3 Å². The highest BCUT2D eigenvalue weighted by Crippen LogP contribution is 2.26. The van der Waals surface area contributed by atoms with Crippen LogP contribution < -0.4 is 11.5 Å². The first kappa shape index (κ1) is 19.6. The number of nitrogens with one attached hydrogen (secondary N) is 4. The molecular weight excluding hydrogens is 428 g/mol. The Morgan fingerprint density at radius 2 is 1.26 bits per heavy atom. The Morgan fingerprint density at radius 3 is 1.91 bits per heavy atom. The number of hydrogen-bond acceptors (Lipinski definition) is 6. The summed E-state index contributed by atoms with van der Waals surface area (Å²) in [6.45, 7) is 0. The molecular formula is C24H18N10. The fourth-order valence-electron chi connectivity index (χ4n) is 3.87. The van der Waals surface area contributed by atoms with Gasteiger partial charge in [0.15, 0.2) is 5.82 Å². The third kappa shape index (κ3) is 3.21. The van der Waals surface area contributed by atoms with Gasteiger partial charge in [-0.15, -0.1) is 0 Å². The van der Waals surface area contributed by atoms with Crippen molar-refractivity contribution in [2.45, 2.75) is 0 Å². The van der Waals surface area contributed by atoms with E-state index in [9.17, 15) is 0 Å². The average molecular weight is 446 g/mol. The lowest BCUT2D eigenvalue weighted by Crippen LogP contribution is -2.10. The van der Waals surface area contributed by atoms with Gasteiger partial charge in [-0.25, -0.2) is 15.0 Å². The number of H-pyrrole nitrogens is 2. The van der Waals surface area contributed by atoms with Crippen molar-refractivity contribution in [3.8, 4) is 22.9 Å². The molecule has 0 radical (unpaired) electrons. The van der Waals surface area contributed by atoms with E-state index in [0.29, 0.717) is 39.5 Å². The standard InChI is InChI=1S/C24H18N10/c25-21(26)11-1-3-15-19(7-11)33-23(31-15)13-9-18-14(29-10-13)5-6-17(30-18)24-32-16-4-2-12(22(27)28)8-20(16)34-24/h1-10H,(H3,25,26)(H3,27,28)(H,31,33)(H,32,34). The number of rotatable bonds is 4. The first-order valence-electron chi connectivity index (χ1n) is 10.4. The van der Waals surface area contributed by atoms with E-state index in [0.717, 1.165) is 27.6 Å². The van der Waals surface area contributed by atoms with E-state index >= 15 is 0 Å². The summed E-state index contributed by atoms with van der Waals surface area (Å²) < 4.78 is 0. The SMILES string of the molecule is N=C(N)c1ccc2[nH]c(-c3cnc4ccc(-c5nc6cc(C(=N)N)ccc6[nH]5)nc4c3)nc2c1. The van der Waals surface area contributed by atoms with Gasteiger partial charge in [-0.05, 0) is 54.6 Å². The summed E-state index contributed by atoms with van der Waals surface area (Å²) in [4.78, 5) is 25.1. The second kappa shape index (κ2) is 7.20. The number of benzene rings is 2. The predicted octanol–water partition coefficient (Wildman–Crippen LogP) is 3.28. The monoisotopic (exact) mass is 446 g/mol. The molecule has 0 fully saturated rings. The Kier molecular flexibility index (Phi) is 4.14. The highest BCUT2D eigenvalue weighted by Gasteiger charge is 2.12. The minimum Gasteiger partial charge on any atom is -0.384 e. The number of pyridine rings is 2. The number of nitrogen functional groups attached to an aromatic ring is 2. The van der Waals surface area contributed by atoms with Gasteiger partial charge in [0, 0.05) is 22.9 Å². The van der Waals surface area contributed by atoms with Gasteiger partial charge >= 0.3 is 0 Å². The van der Waals surface area contributed by atoms with Gasteiger partial charge in [-0.1, -0.05) is 0 Å². The number of nitrogens with zero attached hydrogens (tertiary/aromatic N) is 4. The fourth-order valence-corrected chi connectivity index (χ4v) is 3.87. The molecule has 0 atom stereocenters. The Hall–Kier alpha value is -5.12. The van der Waals surface area contributed by atoms with Gasteiger partial charge in [0.05, 0.1) is 33.1 Å². The van der Waals surface area contributed by atoms with Crippen LogP contribution in [0.4, 0.5) is 0 Å². The van der Waals surface area contributed by atoms with Gasteiger partial charge in [0.2, 0.25) is 0 Å². The van der Waals surface area contributed by atoms with Crippen molar-refractivity contribution >= 4 is 44.8 Å². The van der Waals surface area contributed by atoms with Crippen LogP contribution in [0, 0.1) is 10.8 Å². The molecule has 2 aromatic carbocycles. The van der Waals surface area contributed by atoms with Crippen LogP contribution in [0.5, 0.6) is 0 Å². The molecule has 0 spiro atoms. The van der Waals surface area contributed by atoms with Crippen LogP contribution in [-0.2, 0) is 0 Å². The molecule has 0 amide bonds. The summed E-state index contributed by atoms with van der Waals surface area (Å²) in [6, 6.07) is 16.5. The van der Waals surface area contributed by atoms with Crippen LogP contribution in [0.2, 0.25) is 0 Å². The van der Waals surface area contributed by atoms with Crippen LogP contribution in [0.15, 0.2) is 60.8 Å². The third-order valence-electron chi connectivity index (χ3n) is 5.64. The minimum atomic E-state index is -0.00279. The maximum absolute atomic E-state index is 7.63. The molecule has 0 unspecified atom stereocenters. The second-order valence-corrected chi connectivity index (χ2v) is 7.92. The zero-order valence-electron chi connectivity index (χ0n) is 17.7. The number of aromatic amines is 2. The van der Waals surface area contributed by atoms with E-state index in [1.807, 2.05) is 30.3 Å². The van der Waals surface area contributed by atoms with E-state index in [1.54, 1.807) is 30.5 Å². The lowest BCUT2D eigenvalue weighted by molar-refractivity contribution is 1.25. The van der Waals surface area contributed by atoms with Crippen LogP contribution in [0.3, 0.4) is 0 Å². The maximum atomic E-state index is 7.63. The van der Waals surface area contributed by atoms with Gasteiger partial charge in [-0.3, -0.25) is 15.8 Å². The summed E-state index contributed by atoms with van der Waals surface area (Å²) in [6.07, 6.45) is 1.75. The number of fused-ring (bicyclic) bond motifs is 3. The van der Waals surface area contributed by atoms with Gasteiger partial charge in [0.1, 0.15) is 23.2 Å². The quantitative estimate of drug-likeness (QED) is 0.178. The fraction of sp³-hybridized carbons (Fsp3) is 0. The van der Waals surface area contributed by atoms with Crippen molar-refractivity contribution in [1.29, 1.82) is 10.8 Å². The molecule has 0 aliphatic heterocycles. The molecule has 0 aliphatic carbocycles. The van der Waals surface area contributed by atoms with E-state index in [-0.39, 0.29) is 11.7 Å². The van der Waals surface area contributed by atoms with Crippen LogP contribution in [0.25, 0.3) is 56.0 Å². The number of nitrogens with two attached hydrogens (primary N) is 2. The molecule has 0 saturated carbocycles. The van der Waals surface area contributed by atoms with Crippen molar-refractivity contribution in [3.05, 3.63) is 71.9 Å². The lowest BCUT2D eigenvalue weighted by atomic mass is 10.2. The first-order chi connectivity index (χ1) is 16.4. The Balaban J connectivity index is 1.41. The summed E-state index contributed by atoms with van der Waals surface area (Å²) in [7, 11) is 0. The molecule has 6 aromatic rings. The van der Waals surface area contributed by atoms with E-state index in [1.165, 1.54) is 0 Å². The van der Waals surface area contributed by atoms with Crippen LogP contribution in [0.1, 0.15) is 11.1 Å². The molecule has 4 aromatic heterocycles. The summed E-state index contributed by atoms with van der Waals surface area (Å²) >= 11 is 0. The highest BCUT2D eigenvalue weighted by atomic mass is 15.0. The van der Waals surface area contributed by atoms with Crippen molar-refractivity contribution in [2.24, 2.45) is 11.5 Å².